The average molecular weight is 272 g/mol. The Morgan fingerprint density at radius 1 is 1.05 bits per heavy atom. The van der Waals surface area contributed by atoms with Gasteiger partial charge in [-0.05, 0) is 35.9 Å². The molecule has 0 unspecified atom stereocenters. The highest BCUT2D eigenvalue weighted by Gasteiger charge is 2.02. The molecule has 3 aromatic rings. The van der Waals surface area contributed by atoms with E-state index in [4.69, 9.17) is 0 Å². The highest BCUT2D eigenvalue weighted by Crippen LogP contribution is 2.26. The standard InChI is InChI=1S/C14H12N2O2S/c17-12-4-1-9(5-13(12)18)7-15-10-2-3-11-14(6-10)19-8-16-11/h1-6,8,15,17-18H,7H2. The van der Waals surface area contributed by atoms with Gasteiger partial charge in [-0.25, -0.2) is 4.98 Å². The van der Waals surface area contributed by atoms with Gasteiger partial charge in [0.25, 0.3) is 0 Å². The van der Waals surface area contributed by atoms with E-state index in [1.807, 2.05) is 23.7 Å². The second kappa shape index (κ2) is 4.78. The summed E-state index contributed by atoms with van der Waals surface area (Å²) < 4.78 is 1.14. The minimum atomic E-state index is -0.102. The molecule has 0 spiro atoms. The van der Waals surface area contributed by atoms with Crippen LogP contribution in [-0.4, -0.2) is 15.2 Å². The molecule has 0 fully saturated rings. The molecule has 19 heavy (non-hydrogen) atoms. The summed E-state index contributed by atoms with van der Waals surface area (Å²) in [4.78, 5) is 4.23. The van der Waals surface area contributed by atoms with Gasteiger partial charge in [0, 0.05) is 12.2 Å². The first kappa shape index (κ1) is 11.8. The van der Waals surface area contributed by atoms with Crippen LogP contribution in [0.1, 0.15) is 5.56 Å². The van der Waals surface area contributed by atoms with Crippen molar-refractivity contribution in [2.24, 2.45) is 0 Å². The first-order valence-corrected chi connectivity index (χ1v) is 6.68. The third-order valence-electron chi connectivity index (χ3n) is 2.87. The van der Waals surface area contributed by atoms with E-state index >= 15 is 0 Å². The maximum Gasteiger partial charge on any atom is 0.157 e. The van der Waals surface area contributed by atoms with Crippen molar-refractivity contribution in [2.75, 3.05) is 5.32 Å². The quantitative estimate of drug-likeness (QED) is 0.640. The lowest BCUT2D eigenvalue weighted by atomic mass is 10.2. The van der Waals surface area contributed by atoms with Crippen molar-refractivity contribution >= 4 is 27.2 Å². The van der Waals surface area contributed by atoms with Crippen molar-refractivity contribution in [2.45, 2.75) is 6.54 Å². The van der Waals surface area contributed by atoms with Crippen molar-refractivity contribution in [3.8, 4) is 11.5 Å². The fourth-order valence-corrected chi connectivity index (χ4v) is 2.56. The van der Waals surface area contributed by atoms with E-state index in [1.54, 1.807) is 23.5 Å². The molecular weight excluding hydrogens is 260 g/mol. The predicted octanol–water partition coefficient (Wildman–Crippen LogP) is 3.32. The zero-order valence-corrected chi connectivity index (χ0v) is 10.8. The van der Waals surface area contributed by atoms with Gasteiger partial charge in [-0.3, -0.25) is 0 Å². The number of benzene rings is 2. The summed E-state index contributed by atoms with van der Waals surface area (Å²) in [7, 11) is 0. The summed E-state index contributed by atoms with van der Waals surface area (Å²) in [6.07, 6.45) is 0. The average Bonchev–Trinajstić information content (AvgIpc) is 2.87. The number of rotatable bonds is 3. The zero-order chi connectivity index (χ0) is 13.2. The topological polar surface area (TPSA) is 65.4 Å². The molecule has 0 saturated heterocycles. The van der Waals surface area contributed by atoms with E-state index in [2.05, 4.69) is 10.3 Å². The van der Waals surface area contributed by atoms with Gasteiger partial charge in [0.15, 0.2) is 11.5 Å². The Morgan fingerprint density at radius 2 is 1.95 bits per heavy atom. The minimum Gasteiger partial charge on any atom is -0.504 e. The normalized spacial score (nSPS) is 10.7. The highest BCUT2D eigenvalue weighted by atomic mass is 32.1. The Kier molecular flexibility index (Phi) is 2.97. The summed E-state index contributed by atoms with van der Waals surface area (Å²) in [5.74, 6) is -0.202. The Morgan fingerprint density at radius 3 is 2.79 bits per heavy atom. The molecule has 0 amide bonds. The smallest absolute Gasteiger partial charge is 0.157 e. The van der Waals surface area contributed by atoms with Crippen LogP contribution in [0.15, 0.2) is 41.9 Å². The van der Waals surface area contributed by atoms with Crippen LogP contribution in [0.5, 0.6) is 11.5 Å². The molecule has 0 aliphatic heterocycles. The molecule has 5 heteroatoms. The van der Waals surface area contributed by atoms with Gasteiger partial charge in [-0.1, -0.05) is 6.07 Å². The number of nitrogens with one attached hydrogen (secondary N) is 1. The fraction of sp³-hybridized carbons (Fsp3) is 0.0714. The molecule has 1 aromatic heterocycles. The largest absolute Gasteiger partial charge is 0.504 e. The van der Waals surface area contributed by atoms with Crippen LogP contribution in [-0.2, 0) is 6.54 Å². The Hall–Kier alpha value is -2.27. The van der Waals surface area contributed by atoms with E-state index in [0.717, 1.165) is 21.5 Å². The molecule has 0 saturated carbocycles. The van der Waals surface area contributed by atoms with Gasteiger partial charge >= 0.3 is 0 Å². The second-order valence-electron chi connectivity index (χ2n) is 4.21. The number of fused-ring (bicyclic) bond motifs is 1. The van der Waals surface area contributed by atoms with E-state index in [-0.39, 0.29) is 11.5 Å². The van der Waals surface area contributed by atoms with Crippen molar-refractivity contribution < 1.29 is 10.2 Å². The monoisotopic (exact) mass is 272 g/mol. The van der Waals surface area contributed by atoms with Crippen LogP contribution in [0.4, 0.5) is 5.69 Å². The molecule has 0 radical (unpaired) electrons. The molecule has 0 bridgehead atoms. The van der Waals surface area contributed by atoms with Gasteiger partial charge < -0.3 is 15.5 Å². The van der Waals surface area contributed by atoms with Crippen LogP contribution < -0.4 is 5.32 Å². The lowest BCUT2D eigenvalue weighted by Gasteiger charge is -2.07. The summed E-state index contributed by atoms with van der Waals surface area (Å²) >= 11 is 1.60. The molecule has 3 rings (SSSR count). The molecular formula is C14H12N2O2S. The fourth-order valence-electron chi connectivity index (χ4n) is 1.85. The molecule has 3 N–H and O–H groups in total. The number of nitrogens with zero attached hydrogens (tertiary/aromatic N) is 1. The Labute approximate surface area is 114 Å². The van der Waals surface area contributed by atoms with Gasteiger partial charge in [-0.15, -0.1) is 11.3 Å². The zero-order valence-electron chi connectivity index (χ0n) is 10.00. The van der Waals surface area contributed by atoms with E-state index in [1.165, 1.54) is 6.07 Å². The first-order valence-electron chi connectivity index (χ1n) is 5.80. The van der Waals surface area contributed by atoms with Crippen LogP contribution in [0.25, 0.3) is 10.2 Å². The van der Waals surface area contributed by atoms with E-state index < -0.39 is 0 Å². The van der Waals surface area contributed by atoms with Gasteiger partial charge in [0.1, 0.15) is 0 Å². The van der Waals surface area contributed by atoms with Crippen molar-refractivity contribution in [3.05, 3.63) is 47.5 Å². The van der Waals surface area contributed by atoms with Crippen molar-refractivity contribution in [3.63, 3.8) is 0 Å². The Bertz CT molecular complexity index is 724. The molecule has 0 aliphatic carbocycles. The van der Waals surface area contributed by atoms with Crippen LogP contribution in [0.2, 0.25) is 0 Å². The predicted molar refractivity (Wildman–Crippen MR) is 76.7 cm³/mol. The third kappa shape index (κ3) is 2.46. The number of phenols is 2. The van der Waals surface area contributed by atoms with Crippen LogP contribution >= 0.6 is 11.3 Å². The number of aromatic hydroxyl groups is 2. The van der Waals surface area contributed by atoms with Gasteiger partial charge in [0.2, 0.25) is 0 Å². The number of anilines is 1. The third-order valence-corrected chi connectivity index (χ3v) is 3.66. The SMILES string of the molecule is Oc1ccc(CNc2ccc3ncsc3c2)cc1O. The molecule has 1 heterocycles. The molecule has 0 atom stereocenters. The Balaban J connectivity index is 1.75. The molecule has 96 valence electrons. The number of aromatic nitrogens is 1. The highest BCUT2D eigenvalue weighted by molar-refractivity contribution is 7.16. The summed E-state index contributed by atoms with van der Waals surface area (Å²) in [6.45, 7) is 0.581. The molecule has 4 nitrogen and oxygen atoms in total. The van der Waals surface area contributed by atoms with E-state index in [0.29, 0.717) is 6.54 Å². The summed E-state index contributed by atoms with van der Waals surface area (Å²) in [5, 5.41) is 21.9. The number of phenolic OH excluding ortho intramolecular Hbond substituents is 2. The second-order valence-corrected chi connectivity index (χ2v) is 5.10. The van der Waals surface area contributed by atoms with Gasteiger partial charge in [0.05, 0.1) is 15.7 Å². The van der Waals surface area contributed by atoms with Crippen LogP contribution in [0.3, 0.4) is 0 Å². The lowest BCUT2D eigenvalue weighted by molar-refractivity contribution is 0.403. The summed E-state index contributed by atoms with van der Waals surface area (Å²) in [5.41, 5.74) is 4.73. The maximum atomic E-state index is 9.43. The lowest BCUT2D eigenvalue weighted by Crippen LogP contribution is -1.98. The maximum absolute atomic E-state index is 9.43. The number of thiazole rings is 1. The molecule has 0 aliphatic rings. The van der Waals surface area contributed by atoms with E-state index in [9.17, 15) is 10.2 Å². The number of hydrogen-bond donors (Lipinski definition) is 3. The van der Waals surface area contributed by atoms with Crippen LogP contribution in [0, 0.1) is 0 Å². The van der Waals surface area contributed by atoms with Gasteiger partial charge in [-0.2, -0.15) is 0 Å². The molecule has 2 aromatic carbocycles. The first-order chi connectivity index (χ1) is 9.22. The van der Waals surface area contributed by atoms with Crippen molar-refractivity contribution in [1.29, 1.82) is 0 Å². The minimum absolute atomic E-state index is 0.0998. The number of hydrogen-bond acceptors (Lipinski definition) is 5. The van der Waals surface area contributed by atoms with Crippen molar-refractivity contribution in [1.82, 2.24) is 4.98 Å². The summed E-state index contributed by atoms with van der Waals surface area (Å²) in [6, 6.07) is 10.8.